The molecule has 4 heterocycles. The number of hydrogen-bond donors (Lipinski definition) is 2. The zero-order valence-electron chi connectivity index (χ0n) is 19.3. The van der Waals surface area contributed by atoms with Crippen molar-refractivity contribution >= 4 is 11.0 Å². The van der Waals surface area contributed by atoms with Crippen LogP contribution in [0.25, 0.3) is 22.3 Å². The van der Waals surface area contributed by atoms with Gasteiger partial charge in [0.25, 0.3) is 0 Å². The van der Waals surface area contributed by atoms with Gasteiger partial charge in [0, 0.05) is 41.8 Å². The van der Waals surface area contributed by atoms with Gasteiger partial charge in [-0.1, -0.05) is 12.1 Å². The number of fused-ring (bicyclic) bond motifs is 1. The van der Waals surface area contributed by atoms with Crippen LogP contribution >= 0.6 is 0 Å². The van der Waals surface area contributed by atoms with E-state index < -0.39 is 0 Å². The number of aromatic hydroxyl groups is 1. The van der Waals surface area contributed by atoms with E-state index in [2.05, 4.69) is 26.1 Å². The molecule has 0 amide bonds. The van der Waals surface area contributed by atoms with Crippen LogP contribution in [-0.2, 0) is 4.74 Å². The largest absolute Gasteiger partial charge is 0.507 e. The summed E-state index contributed by atoms with van der Waals surface area (Å²) in [6.07, 6.45) is 9.89. The van der Waals surface area contributed by atoms with E-state index in [0.29, 0.717) is 11.8 Å². The van der Waals surface area contributed by atoms with E-state index >= 15 is 0 Å². The molecule has 2 aliphatic heterocycles. The van der Waals surface area contributed by atoms with Gasteiger partial charge < -0.3 is 19.7 Å². The first-order valence-corrected chi connectivity index (χ1v) is 12.8. The predicted octanol–water partition coefficient (Wildman–Crippen LogP) is 5.35. The van der Waals surface area contributed by atoms with Gasteiger partial charge in [0.15, 0.2) is 5.65 Å². The van der Waals surface area contributed by atoms with Crippen molar-refractivity contribution in [3.05, 3.63) is 41.6 Å². The third kappa shape index (κ3) is 4.04. The second kappa shape index (κ2) is 9.07. The predicted molar refractivity (Wildman–Crippen MR) is 130 cm³/mol. The van der Waals surface area contributed by atoms with Crippen LogP contribution in [-0.4, -0.2) is 57.5 Å². The molecule has 6 nitrogen and oxygen atoms in total. The number of hydrogen-bond acceptors (Lipinski definition) is 5. The summed E-state index contributed by atoms with van der Waals surface area (Å²) >= 11 is 0. The second-order valence-corrected chi connectivity index (χ2v) is 10.1. The fourth-order valence-corrected chi connectivity index (χ4v) is 6.44. The first kappa shape index (κ1) is 21.1. The van der Waals surface area contributed by atoms with Crippen molar-refractivity contribution in [2.24, 2.45) is 0 Å². The van der Waals surface area contributed by atoms with E-state index in [0.717, 1.165) is 49.0 Å². The summed E-state index contributed by atoms with van der Waals surface area (Å²) in [5.41, 5.74) is 5.19. The molecule has 2 saturated heterocycles. The SMILES string of the molecule is Oc1ccccc1-c1cc2c(C3CCC(N4CCCC4)CC3)c(C3CCOCC3)[nH]c2nn1. The Hall–Kier alpha value is -2.44. The standard InChI is InChI=1S/C27H34N4O2/c32-24-6-2-1-5-21(24)23-17-22-25(18-7-9-20(10-8-18)31-13-3-4-14-31)26(28-27(22)30-29-23)19-11-15-33-16-12-19/h1-2,5-6,17-20,32H,3-4,7-16H2,(H,28,30). The van der Waals surface area contributed by atoms with E-state index in [-0.39, 0.29) is 5.75 Å². The molecule has 2 aromatic heterocycles. The number of phenolic OH excluding ortho intramolecular Hbond substituents is 1. The second-order valence-electron chi connectivity index (χ2n) is 10.1. The van der Waals surface area contributed by atoms with Crippen LogP contribution < -0.4 is 0 Å². The van der Waals surface area contributed by atoms with Gasteiger partial charge in [-0.2, -0.15) is 0 Å². The van der Waals surface area contributed by atoms with Crippen molar-refractivity contribution in [2.75, 3.05) is 26.3 Å². The monoisotopic (exact) mass is 446 g/mol. The van der Waals surface area contributed by atoms with Gasteiger partial charge in [-0.05, 0) is 94.1 Å². The van der Waals surface area contributed by atoms with Gasteiger partial charge in [0.1, 0.15) is 5.75 Å². The van der Waals surface area contributed by atoms with E-state index in [4.69, 9.17) is 4.74 Å². The molecule has 3 fully saturated rings. The maximum atomic E-state index is 10.4. The molecule has 0 spiro atoms. The van der Waals surface area contributed by atoms with E-state index in [1.165, 1.54) is 68.3 Å². The molecule has 2 N–H and O–H groups in total. The highest BCUT2D eigenvalue weighted by Crippen LogP contribution is 2.44. The molecule has 33 heavy (non-hydrogen) atoms. The Morgan fingerprint density at radius 2 is 1.67 bits per heavy atom. The molecule has 174 valence electrons. The number of para-hydroxylation sites is 1. The molecule has 1 aliphatic carbocycles. The number of likely N-dealkylation sites (tertiary alicyclic amines) is 1. The van der Waals surface area contributed by atoms with Crippen LogP contribution in [0, 0.1) is 0 Å². The Kier molecular flexibility index (Phi) is 5.80. The minimum Gasteiger partial charge on any atom is -0.507 e. The van der Waals surface area contributed by atoms with Gasteiger partial charge in [-0.25, -0.2) is 0 Å². The highest BCUT2D eigenvalue weighted by atomic mass is 16.5. The van der Waals surface area contributed by atoms with Crippen molar-refractivity contribution in [2.45, 2.75) is 69.2 Å². The summed E-state index contributed by atoms with van der Waals surface area (Å²) < 4.78 is 5.67. The summed E-state index contributed by atoms with van der Waals surface area (Å²) in [5, 5.41) is 20.7. The van der Waals surface area contributed by atoms with Crippen molar-refractivity contribution in [1.29, 1.82) is 0 Å². The molecule has 3 aromatic rings. The van der Waals surface area contributed by atoms with Gasteiger partial charge in [-0.3, -0.25) is 0 Å². The lowest BCUT2D eigenvalue weighted by atomic mass is 9.78. The Morgan fingerprint density at radius 3 is 2.42 bits per heavy atom. The van der Waals surface area contributed by atoms with E-state index in [9.17, 15) is 5.11 Å². The zero-order chi connectivity index (χ0) is 22.2. The molecule has 0 unspecified atom stereocenters. The number of benzene rings is 1. The van der Waals surface area contributed by atoms with E-state index in [1.54, 1.807) is 6.07 Å². The average molecular weight is 447 g/mol. The van der Waals surface area contributed by atoms with Crippen LogP contribution in [0.15, 0.2) is 30.3 Å². The summed E-state index contributed by atoms with van der Waals surface area (Å²) in [4.78, 5) is 6.42. The lowest BCUT2D eigenvalue weighted by Gasteiger charge is -2.35. The summed E-state index contributed by atoms with van der Waals surface area (Å²) in [6.45, 7) is 4.23. The number of nitrogens with zero attached hydrogens (tertiary/aromatic N) is 3. The summed E-state index contributed by atoms with van der Waals surface area (Å²) in [5.74, 6) is 1.30. The first-order chi connectivity index (χ1) is 16.3. The average Bonchev–Trinajstić information content (AvgIpc) is 3.53. The summed E-state index contributed by atoms with van der Waals surface area (Å²) in [7, 11) is 0. The maximum absolute atomic E-state index is 10.4. The van der Waals surface area contributed by atoms with Crippen LogP contribution in [0.5, 0.6) is 5.75 Å². The number of ether oxygens (including phenoxy) is 1. The van der Waals surface area contributed by atoms with Crippen LogP contribution in [0.2, 0.25) is 0 Å². The smallest absolute Gasteiger partial charge is 0.160 e. The first-order valence-electron chi connectivity index (χ1n) is 12.8. The Labute approximate surface area is 195 Å². The van der Waals surface area contributed by atoms with Crippen molar-refractivity contribution in [3.63, 3.8) is 0 Å². The van der Waals surface area contributed by atoms with Crippen molar-refractivity contribution in [1.82, 2.24) is 20.1 Å². The summed E-state index contributed by atoms with van der Waals surface area (Å²) in [6, 6.07) is 10.3. The fraction of sp³-hybridized carbons (Fsp3) is 0.556. The lowest BCUT2D eigenvalue weighted by molar-refractivity contribution is 0.0843. The zero-order valence-corrected chi connectivity index (χ0v) is 19.3. The molecule has 6 heteroatoms. The molecule has 0 atom stereocenters. The maximum Gasteiger partial charge on any atom is 0.160 e. The highest BCUT2D eigenvalue weighted by molar-refractivity contribution is 5.86. The topological polar surface area (TPSA) is 74.3 Å². The molecular formula is C27H34N4O2. The van der Waals surface area contributed by atoms with Crippen molar-refractivity contribution < 1.29 is 9.84 Å². The molecule has 1 aromatic carbocycles. The van der Waals surface area contributed by atoms with E-state index in [1.807, 2.05) is 18.2 Å². The third-order valence-corrected chi connectivity index (χ3v) is 8.20. The van der Waals surface area contributed by atoms with Crippen LogP contribution in [0.3, 0.4) is 0 Å². The third-order valence-electron chi connectivity index (χ3n) is 8.20. The lowest BCUT2D eigenvalue weighted by Crippen LogP contribution is -2.35. The number of aromatic nitrogens is 3. The molecule has 0 radical (unpaired) electrons. The minimum atomic E-state index is 0.249. The van der Waals surface area contributed by atoms with Crippen molar-refractivity contribution in [3.8, 4) is 17.0 Å². The number of H-pyrrole nitrogens is 1. The van der Waals surface area contributed by atoms with Gasteiger partial charge in [-0.15, -0.1) is 10.2 Å². The van der Waals surface area contributed by atoms with Gasteiger partial charge in [0.05, 0.1) is 5.69 Å². The molecule has 0 bridgehead atoms. The van der Waals surface area contributed by atoms with Gasteiger partial charge >= 0.3 is 0 Å². The fourth-order valence-electron chi connectivity index (χ4n) is 6.44. The Morgan fingerprint density at radius 1 is 0.909 bits per heavy atom. The molecule has 6 rings (SSSR count). The van der Waals surface area contributed by atoms with Gasteiger partial charge in [0.2, 0.25) is 0 Å². The van der Waals surface area contributed by atoms with Crippen LogP contribution in [0.4, 0.5) is 0 Å². The molecular weight excluding hydrogens is 412 g/mol. The Bertz CT molecular complexity index is 1110. The normalized spacial score (nSPS) is 25.1. The number of aromatic amines is 1. The number of rotatable bonds is 4. The number of nitrogens with one attached hydrogen (secondary N) is 1. The number of phenols is 1. The molecule has 1 saturated carbocycles. The Balaban J connectivity index is 1.38. The highest BCUT2D eigenvalue weighted by Gasteiger charge is 2.33. The van der Waals surface area contributed by atoms with Crippen LogP contribution in [0.1, 0.15) is 74.5 Å². The molecule has 3 aliphatic rings. The quantitative estimate of drug-likeness (QED) is 0.565. The minimum absolute atomic E-state index is 0.249.